The summed E-state index contributed by atoms with van der Waals surface area (Å²) in [5.74, 6) is -0.0135. The van der Waals surface area contributed by atoms with E-state index in [1.807, 2.05) is 54.7 Å². The van der Waals surface area contributed by atoms with Gasteiger partial charge in [-0.1, -0.05) is 35.9 Å². The van der Waals surface area contributed by atoms with Gasteiger partial charge in [-0.05, 0) is 38.1 Å². The number of amides is 1. The van der Waals surface area contributed by atoms with Gasteiger partial charge in [0.05, 0.1) is 16.9 Å². The number of benzene rings is 2. The Hall–Kier alpha value is -2.26. The van der Waals surface area contributed by atoms with Crippen LogP contribution in [0.4, 0.5) is 11.4 Å². The molecule has 0 spiro atoms. The first kappa shape index (κ1) is 15.6. The van der Waals surface area contributed by atoms with Gasteiger partial charge in [0, 0.05) is 29.9 Å². The number of nitrogens with zero attached hydrogens (tertiary/aromatic N) is 2. The van der Waals surface area contributed by atoms with Crippen molar-refractivity contribution in [3.8, 4) is 0 Å². The number of hydrogen-bond donors (Lipinski definition) is 0. The number of carbonyl (C=O) groups is 1. The SMILES string of the molecule is CCN(C=C1C(=O)N(c2cccc(Cl)c2)c2ccccc21)CC. The van der Waals surface area contributed by atoms with Crippen molar-refractivity contribution in [1.29, 1.82) is 0 Å². The van der Waals surface area contributed by atoms with E-state index >= 15 is 0 Å². The van der Waals surface area contributed by atoms with Crippen LogP contribution in [-0.2, 0) is 4.79 Å². The number of carbonyl (C=O) groups excluding carboxylic acids is 1. The van der Waals surface area contributed by atoms with Crippen LogP contribution in [0.2, 0.25) is 5.02 Å². The molecule has 0 aliphatic carbocycles. The predicted molar refractivity (Wildman–Crippen MR) is 95.9 cm³/mol. The number of halogens is 1. The molecule has 0 fully saturated rings. The van der Waals surface area contributed by atoms with Crippen LogP contribution in [0.5, 0.6) is 0 Å². The summed E-state index contributed by atoms with van der Waals surface area (Å²) in [6.07, 6.45) is 1.96. The molecule has 1 heterocycles. The third-order valence-corrected chi connectivity index (χ3v) is 4.29. The van der Waals surface area contributed by atoms with Gasteiger partial charge in [0.25, 0.3) is 5.91 Å². The second-order valence-electron chi connectivity index (χ2n) is 5.40. The van der Waals surface area contributed by atoms with Gasteiger partial charge >= 0.3 is 0 Å². The van der Waals surface area contributed by atoms with Crippen molar-refractivity contribution >= 4 is 34.5 Å². The number of anilines is 2. The Kier molecular flexibility index (Phi) is 4.39. The lowest BCUT2D eigenvalue weighted by Crippen LogP contribution is -2.22. The smallest absolute Gasteiger partial charge is 0.265 e. The van der Waals surface area contributed by atoms with Gasteiger partial charge in [-0.3, -0.25) is 9.69 Å². The zero-order valence-electron chi connectivity index (χ0n) is 13.3. The Bertz CT molecular complexity index is 765. The third-order valence-electron chi connectivity index (χ3n) is 4.06. The second kappa shape index (κ2) is 6.47. The van der Waals surface area contributed by atoms with E-state index in [4.69, 9.17) is 11.6 Å². The van der Waals surface area contributed by atoms with E-state index in [-0.39, 0.29) is 5.91 Å². The lowest BCUT2D eigenvalue weighted by atomic mass is 10.1. The zero-order chi connectivity index (χ0) is 16.4. The van der Waals surface area contributed by atoms with Crippen molar-refractivity contribution in [3.05, 3.63) is 65.3 Å². The van der Waals surface area contributed by atoms with Crippen LogP contribution in [0.1, 0.15) is 19.4 Å². The minimum atomic E-state index is -0.0135. The summed E-state index contributed by atoms with van der Waals surface area (Å²) in [4.78, 5) is 16.9. The van der Waals surface area contributed by atoms with E-state index < -0.39 is 0 Å². The minimum absolute atomic E-state index is 0.0135. The number of rotatable bonds is 4. The first-order chi connectivity index (χ1) is 11.2. The highest BCUT2D eigenvalue weighted by Gasteiger charge is 2.33. The van der Waals surface area contributed by atoms with Crippen LogP contribution in [0, 0.1) is 0 Å². The molecule has 2 aromatic rings. The molecule has 0 aromatic heterocycles. The molecule has 1 aliphatic heterocycles. The molecule has 3 nitrogen and oxygen atoms in total. The van der Waals surface area contributed by atoms with Crippen LogP contribution in [-0.4, -0.2) is 23.9 Å². The molecule has 4 heteroatoms. The molecule has 1 aliphatic rings. The Morgan fingerprint density at radius 1 is 1.09 bits per heavy atom. The standard InChI is InChI=1S/C19H19ClN2O/c1-3-21(4-2)13-17-16-10-5-6-11-18(16)22(19(17)23)15-9-7-8-14(20)12-15/h5-13H,3-4H2,1-2H3. The molecular weight excluding hydrogens is 308 g/mol. The maximum Gasteiger partial charge on any atom is 0.265 e. The molecule has 3 rings (SSSR count). The van der Waals surface area contributed by atoms with Gasteiger partial charge in [-0.25, -0.2) is 0 Å². The largest absolute Gasteiger partial charge is 0.377 e. The van der Waals surface area contributed by atoms with Crippen molar-refractivity contribution in [2.75, 3.05) is 18.0 Å². The van der Waals surface area contributed by atoms with Crippen molar-refractivity contribution in [2.45, 2.75) is 13.8 Å². The molecule has 0 saturated carbocycles. The van der Waals surface area contributed by atoms with Crippen LogP contribution >= 0.6 is 11.6 Å². The minimum Gasteiger partial charge on any atom is -0.377 e. The molecule has 118 valence electrons. The van der Waals surface area contributed by atoms with Gasteiger partial charge in [0.2, 0.25) is 0 Å². The average molecular weight is 327 g/mol. The summed E-state index contributed by atoms with van der Waals surface area (Å²) >= 11 is 6.10. The predicted octanol–water partition coefficient (Wildman–Crippen LogP) is 4.70. The fourth-order valence-corrected chi connectivity index (χ4v) is 3.01. The van der Waals surface area contributed by atoms with Crippen LogP contribution in [0.25, 0.3) is 5.57 Å². The highest BCUT2D eigenvalue weighted by Crippen LogP contribution is 2.41. The molecule has 0 radical (unpaired) electrons. The first-order valence-electron chi connectivity index (χ1n) is 7.81. The lowest BCUT2D eigenvalue weighted by Gasteiger charge is -2.18. The van der Waals surface area contributed by atoms with E-state index in [0.29, 0.717) is 5.02 Å². The van der Waals surface area contributed by atoms with Crippen molar-refractivity contribution < 1.29 is 4.79 Å². The van der Waals surface area contributed by atoms with Crippen LogP contribution in [0.15, 0.2) is 54.7 Å². The zero-order valence-corrected chi connectivity index (χ0v) is 14.0. The monoisotopic (exact) mass is 326 g/mol. The van der Waals surface area contributed by atoms with Crippen molar-refractivity contribution in [2.24, 2.45) is 0 Å². The summed E-state index contributed by atoms with van der Waals surface area (Å²) < 4.78 is 0. The highest BCUT2D eigenvalue weighted by atomic mass is 35.5. The number of para-hydroxylation sites is 1. The van der Waals surface area contributed by atoms with Gasteiger partial charge in [0.15, 0.2) is 0 Å². The van der Waals surface area contributed by atoms with E-state index in [0.717, 1.165) is 35.6 Å². The number of hydrogen-bond acceptors (Lipinski definition) is 2. The summed E-state index contributed by atoms with van der Waals surface area (Å²) in [5.41, 5.74) is 3.38. The fraction of sp³-hybridized carbons (Fsp3) is 0.211. The van der Waals surface area contributed by atoms with Crippen molar-refractivity contribution in [1.82, 2.24) is 4.90 Å². The maximum atomic E-state index is 13.0. The Balaban J connectivity index is 2.12. The highest BCUT2D eigenvalue weighted by molar-refractivity contribution is 6.35. The van der Waals surface area contributed by atoms with E-state index in [1.165, 1.54) is 0 Å². The molecule has 2 aromatic carbocycles. The van der Waals surface area contributed by atoms with Gasteiger partial charge in [0.1, 0.15) is 0 Å². The van der Waals surface area contributed by atoms with E-state index in [2.05, 4.69) is 18.7 Å². The number of fused-ring (bicyclic) bond motifs is 1. The molecule has 0 unspecified atom stereocenters. The van der Waals surface area contributed by atoms with Crippen molar-refractivity contribution in [3.63, 3.8) is 0 Å². The van der Waals surface area contributed by atoms with E-state index in [9.17, 15) is 4.79 Å². The quantitative estimate of drug-likeness (QED) is 0.760. The summed E-state index contributed by atoms with van der Waals surface area (Å²) in [6, 6.07) is 15.3. The Morgan fingerprint density at radius 3 is 2.52 bits per heavy atom. The third kappa shape index (κ3) is 2.84. The molecule has 23 heavy (non-hydrogen) atoms. The molecule has 1 amide bonds. The maximum absolute atomic E-state index is 13.0. The normalized spacial score (nSPS) is 15.2. The topological polar surface area (TPSA) is 23.6 Å². The lowest BCUT2D eigenvalue weighted by molar-refractivity contribution is -0.112. The molecule has 0 saturated heterocycles. The van der Waals surface area contributed by atoms with Crippen LogP contribution < -0.4 is 4.90 Å². The van der Waals surface area contributed by atoms with Gasteiger partial charge < -0.3 is 4.90 Å². The van der Waals surface area contributed by atoms with E-state index in [1.54, 1.807) is 4.90 Å². The second-order valence-corrected chi connectivity index (χ2v) is 5.84. The van der Waals surface area contributed by atoms with Crippen LogP contribution in [0.3, 0.4) is 0 Å². The molecule has 0 N–H and O–H groups in total. The molecular formula is C19H19ClN2O. The molecule has 0 atom stereocenters. The Labute approximate surface area is 141 Å². The fourth-order valence-electron chi connectivity index (χ4n) is 2.83. The summed E-state index contributed by atoms with van der Waals surface area (Å²) in [7, 11) is 0. The molecule has 0 bridgehead atoms. The van der Waals surface area contributed by atoms with Gasteiger partial charge in [-0.15, -0.1) is 0 Å². The Morgan fingerprint density at radius 2 is 1.83 bits per heavy atom. The average Bonchev–Trinajstić information content (AvgIpc) is 2.84. The summed E-state index contributed by atoms with van der Waals surface area (Å²) in [5, 5.41) is 0.619. The van der Waals surface area contributed by atoms with Gasteiger partial charge in [-0.2, -0.15) is 0 Å². The summed E-state index contributed by atoms with van der Waals surface area (Å²) in [6.45, 7) is 5.90. The first-order valence-corrected chi connectivity index (χ1v) is 8.18.